The quantitative estimate of drug-likeness (QED) is 0.742. The van der Waals surface area contributed by atoms with Crippen LogP contribution in [0.15, 0.2) is 18.2 Å². The Morgan fingerprint density at radius 3 is 2.78 bits per heavy atom. The fraction of sp³-hybridized carbons (Fsp3) is 0.462. The molecular weight excluding hydrogens is 236 g/mol. The van der Waals surface area contributed by atoms with E-state index in [1.807, 2.05) is 12.1 Å². The minimum atomic E-state index is -0.220. The molecule has 0 saturated carbocycles. The summed E-state index contributed by atoms with van der Waals surface area (Å²) < 4.78 is 20.8. The molecule has 0 atom stereocenters. The van der Waals surface area contributed by atoms with Crippen molar-refractivity contribution in [2.24, 2.45) is 5.92 Å². The summed E-state index contributed by atoms with van der Waals surface area (Å²) in [4.78, 5) is 12.2. The summed E-state index contributed by atoms with van der Waals surface area (Å²) in [6.07, 6.45) is 0. The van der Waals surface area contributed by atoms with Crippen LogP contribution in [0.2, 0.25) is 0 Å². The van der Waals surface area contributed by atoms with Gasteiger partial charge in [0.05, 0.1) is 25.7 Å². The van der Waals surface area contributed by atoms with Gasteiger partial charge in [-0.15, -0.1) is 0 Å². The van der Waals surface area contributed by atoms with Crippen molar-refractivity contribution in [2.75, 3.05) is 26.8 Å². The van der Waals surface area contributed by atoms with E-state index in [9.17, 15) is 4.79 Å². The second-order valence-electron chi connectivity index (χ2n) is 4.35. The van der Waals surface area contributed by atoms with Crippen LogP contribution in [0.1, 0.15) is 15.9 Å². The first kappa shape index (κ1) is 11.6. The standard InChI is InChI=1S/C13H14O5/c14-13(11-5-15-7-16-6-11)9-1-2-12-10(3-9)4-17-8-18-12/h1-3,11H,4-8H2. The Balaban J connectivity index is 1.80. The summed E-state index contributed by atoms with van der Waals surface area (Å²) in [5, 5.41) is 0. The molecule has 0 N–H and O–H groups in total. The van der Waals surface area contributed by atoms with E-state index in [2.05, 4.69) is 0 Å². The van der Waals surface area contributed by atoms with E-state index in [0.29, 0.717) is 25.4 Å². The summed E-state index contributed by atoms with van der Waals surface area (Å²) in [6, 6.07) is 5.42. The number of rotatable bonds is 2. The average Bonchev–Trinajstić information content (AvgIpc) is 2.47. The van der Waals surface area contributed by atoms with E-state index in [-0.39, 0.29) is 25.3 Å². The fourth-order valence-electron chi connectivity index (χ4n) is 2.12. The van der Waals surface area contributed by atoms with Crippen LogP contribution in [0.25, 0.3) is 0 Å². The Kier molecular flexibility index (Phi) is 3.27. The number of hydrogen-bond donors (Lipinski definition) is 0. The highest BCUT2D eigenvalue weighted by Crippen LogP contribution is 2.26. The van der Waals surface area contributed by atoms with E-state index >= 15 is 0 Å². The van der Waals surface area contributed by atoms with Crippen LogP contribution in [0.5, 0.6) is 5.75 Å². The van der Waals surface area contributed by atoms with Crippen molar-refractivity contribution in [3.8, 4) is 5.75 Å². The van der Waals surface area contributed by atoms with Crippen molar-refractivity contribution in [3.63, 3.8) is 0 Å². The minimum absolute atomic E-state index is 0.0445. The summed E-state index contributed by atoms with van der Waals surface area (Å²) in [5.74, 6) is 0.610. The SMILES string of the molecule is O=C(c1ccc2c(c1)COCO2)C1COCOC1. The van der Waals surface area contributed by atoms with Crippen LogP contribution in [0.4, 0.5) is 0 Å². The molecule has 0 aromatic heterocycles. The van der Waals surface area contributed by atoms with Crippen LogP contribution in [-0.4, -0.2) is 32.6 Å². The molecule has 96 valence electrons. The largest absolute Gasteiger partial charge is 0.467 e. The molecule has 2 aliphatic heterocycles. The maximum atomic E-state index is 12.2. The molecule has 1 aromatic carbocycles. The lowest BCUT2D eigenvalue weighted by molar-refractivity contribution is -0.116. The molecule has 18 heavy (non-hydrogen) atoms. The van der Waals surface area contributed by atoms with Crippen molar-refractivity contribution in [1.29, 1.82) is 0 Å². The van der Waals surface area contributed by atoms with Gasteiger partial charge >= 0.3 is 0 Å². The molecular formula is C13H14O5. The first-order chi connectivity index (χ1) is 8.84. The van der Waals surface area contributed by atoms with Gasteiger partial charge in [-0.25, -0.2) is 0 Å². The van der Waals surface area contributed by atoms with Crippen LogP contribution in [0, 0.1) is 5.92 Å². The lowest BCUT2D eigenvalue weighted by Crippen LogP contribution is -2.31. The lowest BCUT2D eigenvalue weighted by Gasteiger charge is -2.22. The average molecular weight is 250 g/mol. The van der Waals surface area contributed by atoms with Crippen molar-refractivity contribution in [3.05, 3.63) is 29.3 Å². The number of carbonyl (C=O) groups is 1. The first-order valence-electron chi connectivity index (χ1n) is 5.88. The highest BCUT2D eigenvalue weighted by Gasteiger charge is 2.24. The van der Waals surface area contributed by atoms with E-state index in [0.717, 1.165) is 11.3 Å². The normalized spacial score (nSPS) is 20.0. The molecule has 3 rings (SSSR count). The van der Waals surface area contributed by atoms with Crippen LogP contribution in [0.3, 0.4) is 0 Å². The second kappa shape index (κ2) is 5.06. The first-order valence-corrected chi connectivity index (χ1v) is 5.88. The highest BCUT2D eigenvalue weighted by atomic mass is 16.7. The number of hydrogen-bond acceptors (Lipinski definition) is 5. The molecule has 1 fully saturated rings. The predicted molar refractivity (Wildman–Crippen MR) is 61.3 cm³/mol. The van der Waals surface area contributed by atoms with Crippen LogP contribution >= 0.6 is 0 Å². The van der Waals surface area contributed by atoms with Crippen molar-refractivity contribution >= 4 is 5.78 Å². The number of carbonyl (C=O) groups excluding carboxylic acids is 1. The Bertz CT molecular complexity index is 451. The van der Waals surface area contributed by atoms with E-state index in [1.54, 1.807) is 6.07 Å². The molecule has 0 unspecified atom stereocenters. The molecule has 2 aliphatic rings. The molecule has 1 aromatic rings. The van der Waals surface area contributed by atoms with Gasteiger partial charge in [-0.2, -0.15) is 0 Å². The van der Waals surface area contributed by atoms with Gasteiger partial charge in [-0.05, 0) is 18.2 Å². The van der Waals surface area contributed by atoms with Gasteiger partial charge in [0.2, 0.25) is 0 Å². The highest BCUT2D eigenvalue weighted by molar-refractivity contribution is 5.98. The second-order valence-corrected chi connectivity index (χ2v) is 4.35. The number of benzene rings is 1. The van der Waals surface area contributed by atoms with Gasteiger partial charge in [0.1, 0.15) is 12.5 Å². The lowest BCUT2D eigenvalue weighted by atomic mass is 9.97. The number of ketones is 1. The molecule has 0 aliphatic carbocycles. The summed E-state index contributed by atoms with van der Waals surface area (Å²) in [6.45, 7) is 1.86. The summed E-state index contributed by atoms with van der Waals surface area (Å²) >= 11 is 0. The molecule has 1 saturated heterocycles. The topological polar surface area (TPSA) is 54.0 Å². The summed E-state index contributed by atoms with van der Waals surface area (Å²) in [7, 11) is 0. The third kappa shape index (κ3) is 2.25. The third-order valence-corrected chi connectivity index (χ3v) is 3.08. The summed E-state index contributed by atoms with van der Waals surface area (Å²) in [5.41, 5.74) is 1.56. The zero-order valence-electron chi connectivity index (χ0n) is 9.89. The maximum Gasteiger partial charge on any atom is 0.189 e. The van der Waals surface area contributed by atoms with Crippen molar-refractivity contribution in [2.45, 2.75) is 6.61 Å². The zero-order valence-corrected chi connectivity index (χ0v) is 9.89. The Hall–Kier alpha value is -1.43. The fourth-order valence-corrected chi connectivity index (χ4v) is 2.12. The van der Waals surface area contributed by atoms with E-state index in [4.69, 9.17) is 18.9 Å². The zero-order chi connectivity index (χ0) is 12.4. The van der Waals surface area contributed by atoms with Gasteiger partial charge in [0.25, 0.3) is 0 Å². The number of Topliss-reactive ketones (excluding diaryl/α,β-unsaturated/α-hetero) is 1. The molecule has 0 spiro atoms. The van der Waals surface area contributed by atoms with Gasteiger partial charge < -0.3 is 18.9 Å². The number of fused-ring (bicyclic) bond motifs is 1. The molecule has 0 amide bonds. The molecule has 0 bridgehead atoms. The van der Waals surface area contributed by atoms with Crippen LogP contribution < -0.4 is 4.74 Å². The molecule has 2 heterocycles. The van der Waals surface area contributed by atoms with Gasteiger partial charge in [0.15, 0.2) is 12.6 Å². The smallest absolute Gasteiger partial charge is 0.189 e. The minimum Gasteiger partial charge on any atom is -0.467 e. The van der Waals surface area contributed by atoms with Crippen molar-refractivity contribution < 1.29 is 23.7 Å². The Morgan fingerprint density at radius 1 is 1.11 bits per heavy atom. The monoisotopic (exact) mass is 250 g/mol. The molecule has 0 radical (unpaired) electrons. The van der Waals surface area contributed by atoms with Gasteiger partial charge in [-0.3, -0.25) is 4.79 Å². The molecule has 5 nitrogen and oxygen atoms in total. The van der Waals surface area contributed by atoms with Gasteiger partial charge in [0, 0.05) is 11.1 Å². The van der Waals surface area contributed by atoms with E-state index < -0.39 is 0 Å². The van der Waals surface area contributed by atoms with E-state index in [1.165, 1.54) is 0 Å². The third-order valence-electron chi connectivity index (χ3n) is 3.08. The molecule has 5 heteroatoms. The number of ether oxygens (including phenoxy) is 4. The Morgan fingerprint density at radius 2 is 1.94 bits per heavy atom. The predicted octanol–water partition coefficient (Wildman–Crippen LogP) is 1.36. The Labute approximate surface area is 105 Å². The van der Waals surface area contributed by atoms with Crippen molar-refractivity contribution in [1.82, 2.24) is 0 Å². The van der Waals surface area contributed by atoms with Gasteiger partial charge in [-0.1, -0.05) is 0 Å². The maximum absolute atomic E-state index is 12.2. The van der Waals surface area contributed by atoms with Crippen LogP contribution in [-0.2, 0) is 20.8 Å².